The number of rotatable bonds is 7. The Morgan fingerprint density at radius 3 is 2.62 bits per heavy atom. The highest BCUT2D eigenvalue weighted by Gasteiger charge is 2.13. The summed E-state index contributed by atoms with van der Waals surface area (Å²) >= 11 is 1.53. The zero-order chi connectivity index (χ0) is 20.1. The predicted molar refractivity (Wildman–Crippen MR) is 117 cm³/mol. The van der Waals surface area contributed by atoms with E-state index in [1.807, 2.05) is 42.5 Å². The van der Waals surface area contributed by atoms with Gasteiger partial charge in [0, 0.05) is 11.1 Å². The van der Waals surface area contributed by atoms with Crippen molar-refractivity contribution in [3.63, 3.8) is 0 Å². The largest absolute Gasteiger partial charge is 0.348 e. The lowest BCUT2D eigenvalue weighted by molar-refractivity contribution is -0.118. The quantitative estimate of drug-likeness (QED) is 0.471. The van der Waals surface area contributed by atoms with E-state index in [9.17, 15) is 4.79 Å². The van der Waals surface area contributed by atoms with Crippen LogP contribution in [0.2, 0.25) is 0 Å². The average Bonchev–Trinajstić information content (AvgIpc) is 3.10. The van der Waals surface area contributed by atoms with Crippen LogP contribution in [-0.4, -0.2) is 26.2 Å². The van der Waals surface area contributed by atoms with Crippen molar-refractivity contribution in [2.75, 3.05) is 5.75 Å². The molecular formula is C23H22N4OS. The van der Waals surface area contributed by atoms with Crippen molar-refractivity contribution in [3.05, 3.63) is 89.9 Å². The number of amides is 1. The fourth-order valence-corrected chi connectivity index (χ4v) is 3.83. The van der Waals surface area contributed by atoms with Gasteiger partial charge >= 0.3 is 0 Å². The summed E-state index contributed by atoms with van der Waals surface area (Å²) in [5, 5.41) is 2.99. The molecule has 0 fully saturated rings. The highest BCUT2D eigenvalue weighted by molar-refractivity contribution is 8.00. The van der Waals surface area contributed by atoms with Gasteiger partial charge in [0.25, 0.3) is 0 Å². The van der Waals surface area contributed by atoms with E-state index >= 15 is 0 Å². The molecule has 4 aromatic rings. The van der Waals surface area contributed by atoms with Crippen molar-refractivity contribution in [3.8, 4) is 0 Å². The number of carbonyl (C=O) groups excluding carboxylic acids is 1. The molecule has 0 aliphatic carbocycles. The molecule has 0 radical (unpaired) electrons. The summed E-state index contributed by atoms with van der Waals surface area (Å²) in [6.07, 6.45) is 1.77. The maximum atomic E-state index is 12.3. The molecule has 0 atom stereocenters. The fraction of sp³-hybridized carbons (Fsp3) is 0.174. The number of fused-ring (bicyclic) bond motifs is 1. The molecule has 2 aromatic heterocycles. The van der Waals surface area contributed by atoms with E-state index < -0.39 is 0 Å². The Hall–Kier alpha value is -3.12. The van der Waals surface area contributed by atoms with Crippen molar-refractivity contribution >= 4 is 28.8 Å². The summed E-state index contributed by atoms with van der Waals surface area (Å²) in [5.74, 6) is 1.17. The Morgan fingerprint density at radius 2 is 1.83 bits per heavy atom. The van der Waals surface area contributed by atoms with E-state index in [4.69, 9.17) is 4.98 Å². The molecule has 146 valence electrons. The second-order valence-corrected chi connectivity index (χ2v) is 7.87. The third kappa shape index (κ3) is 4.84. The van der Waals surface area contributed by atoms with Gasteiger partial charge in [-0.1, -0.05) is 48.0 Å². The SMILES string of the molecule is Cc1ccc(Cn2c(CNC(=O)CSc3ccccc3)nc3cccnc32)cc1. The number of pyridine rings is 1. The van der Waals surface area contributed by atoms with Crippen LogP contribution in [0, 0.1) is 6.92 Å². The van der Waals surface area contributed by atoms with Crippen LogP contribution in [-0.2, 0) is 17.9 Å². The highest BCUT2D eigenvalue weighted by Crippen LogP contribution is 2.18. The number of hydrogen-bond donors (Lipinski definition) is 1. The minimum Gasteiger partial charge on any atom is -0.348 e. The monoisotopic (exact) mass is 402 g/mol. The first kappa shape index (κ1) is 19.2. The van der Waals surface area contributed by atoms with Crippen molar-refractivity contribution in [1.29, 1.82) is 0 Å². The van der Waals surface area contributed by atoms with Crippen LogP contribution >= 0.6 is 11.8 Å². The summed E-state index contributed by atoms with van der Waals surface area (Å²) in [5.41, 5.74) is 4.07. The first-order chi connectivity index (χ1) is 14.2. The summed E-state index contributed by atoms with van der Waals surface area (Å²) in [7, 11) is 0. The Kier molecular flexibility index (Phi) is 5.91. The lowest BCUT2D eigenvalue weighted by atomic mass is 10.1. The van der Waals surface area contributed by atoms with Crippen LogP contribution in [0.1, 0.15) is 17.0 Å². The zero-order valence-corrected chi connectivity index (χ0v) is 17.0. The fourth-order valence-electron chi connectivity index (χ4n) is 3.08. The van der Waals surface area contributed by atoms with Crippen LogP contribution < -0.4 is 5.32 Å². The Bertz CT molecular complexity index is 1110. The molecule has 1 N–H and O–H groups in total. The number of aryl methyl sites for hydroxylation is 1. The van der Waals surface area contributed by atoms with Crippen molar-refractivity contribution < 1.29 is 4.79 Å². The Morgan fingerprint density at radius 1 is 1.03 bits per heavy atom. The molecule has 0 bridgehead atoms. The number of hydrogen-bond acceptors (Lipinski definition) is 4. The molecule has 0 saturated heterocycles. The van der Waals surface area contributed by atoms with Gasteiger partial charge in [-0.05, 0) is 36.8 Å². The second-order valence-electron chi connectivity index (χ2n) is 6.82. The van der Waals surface area contributed by atoms with Crippen LogP contribution in [0.25, 0.3) is 11.2 Å². The Balaban J connectivity index is 1.47. The summed E-state index contributed by atoms with van der Waals surface area (Å²) in [6, 6.07) is 22.2. The maximum Gasteiger partial charge on any atom is 0.230 e. The molecule has 2 aromatic carbocycles. The van der Waals surface area contributed by atoms with Gasteiger partial charge in [-0.15, -0.1) is 11.8 Å². The standard InChI is InChI=1S/C23H22N4OS/c1-17-9-11-18(12-10-17)15-27-21(26-20-8-5-13-24-23(20)27)14-25-22(28)16-29-19-6-3-2-4-7-19/h2-13H,14-16H2,1H3,(H,25,28). The number of carbonyl (C=O) groups is 1. The second kappa shape index (κ2) is 8.92. The molecule has 5 nitrogen and oxygen atoms in total. The lowest BCUT2D eigenvalue weighted by Gasteiger charge is -2.10. The van der Waals surface area contributed by atoms with Crippen molar-refractivity contribution in [1.82, 2.24) is 19.9 Å². The summed E-state index contributed by atoms with van der Waals surface area (Å²) < 4.78 is 2.07. The van der Waals surface area contributed by atoms with E-state index in [0.29, 0.717) is 18.8 Å². The van der Waals surface area contributed by atoms with Crippen molar-refractivity contribution in [2.24, 2.45) is 0 Å². The van der Waals surface area contributed by atoms with E-state index in [1.54, 1.807) is 6.20 Å². The highest BCUT2D eigenvalue weighted by atomic mass is 32.2. The molecule has 4 rings (SSSR count). The Labute approximate surface area is 174 Å². The summed E-state index contributed by atoms with van der Waals surface area (Å²) in [4.78, 5) is 22.6. The molecular weight excluding hydrogens is 380 g/mol. The topological polar surface area (TPSA) is 59.8 Å². The molecule has 6 heteroatoms. The molecule has 0 unspecified atom stereocenters. The van der Waals surface area contributed by atoms with E-state index in [1.165, 1.54) is 22.9 Å². The van der Waals surface area contributed by atoms with Crippen LogP contribution in [0.4, 0.5) is 0 Å². The summed E-state index contributed by atoms with van der Waals surface area (Å²) in [6.45, 7) is 3.11. The van der Waals surface area contributed by atoms with E-state index in [0.717, 1.165) is 21.9 Å². The first-order valence-electron chi connectivity index (χ1n) is 9.49. The molecule has 1 amide bonds. The van der Waals surface area contributed by atoms with Crippen molar-refractivity contribution in [2.45, 2.75) is 24.9 Å². The normalized spacial score (nSPS) is 10.9. The maximum absolute atomic E-state index is 12.3. The molecule has 0 aliphatic rings. The number of imidazole rings is 1. The van der Waals surface area contributed by atoms with Gasteiger partial charge in [0.15, 0.2) is 5.65 Å². The van der Waals surface area contributed by atoms with Gasteiger partial charge in [0.1, 0.15) is 11.3 Å². The first-order valence-corrected chi connectivity index (χ1v) is 10.5. The van der Waals surface area contributed by atoms with Crippen LogP contribution in [0.3, 0.4) is 0 Å². The van der Waals surface area contributed by atoms with Gasteiger partial charge in [0.2, 0.25) is 5.91 Å². The number of aromatic nitrogens is 3. The number of benzene rings is 2. The minimum absolute atomic E-state index is 0.0132. The predicted octanol–water partition coefficient (Wildman–Crippen LogP) is 4.20. The number of nitrogens with one attached hydrogen (secondary N) is 1. The molecule has 0 saturated carbocycles. The average molecular weight is 403 g/mol. The third-order valence-electron chi connectivity index (χ3n) is 4.60. The molecule has 0 spiro atoms. The minimum atomic E-state index is -0.0132. The van der Waals surface area contributed by atoms with Gasteiger partial charge in [-0.25, -0.2) is 9.97 Å². The van der Waals surface area contributed by atoms with Gasteiger partial charge in [-0.2, -0.15) is 0 Å². The molecule has 0 aliphatic heterocycles. The number of nitrogens with zero attached hydrogens (tertiary/aromatic N) is 3. The van der Waals surface area contributed by atoms with E-state index in [-0.39, 0.29) is 5.91 Å². The molecule has 29 heavy (non-hydrogen) atoms. The number of thioether (sulfide) groups is 1. The van der Waals surface area contributed by atoms with E-state index in [2.05, 4.69) is 46.1 Å². The molecule has 2 heterocycles. The third-order valence-corrected chi connectivity index (χ3v) is 5.61. The lowest BCUT2D eigenvalue weighted by Crippen LogP contribution is -2.26. The van der Waals surface area contributed by atoms with Crippen LogP contribution in [0.15, 0.2) is 77.8 Å². The van der Waals surface area contributed by atoms with Crippen LogP contribution in [0.5, 0.6) is 0 Å². The smallest absolute Gasteiger partial charge is 0.230 e. The zero-order valence-electron chi connectivity index (χ0n) is 16.2. The van der Waals surface area contributed by atoms with Gasteiger partial charge in [0.05, 0.1) is 18.8 Å². The van der Waals surface area contributed by atoms with Gasteiger partial charge in [-0.3, -0.25) is 4.79 Å². The van der Waals surface area contributed by atoms with Gasteiger partial charge < -0.3 is 9.88 Å².